The van der Waals surface area contributed by atoms with E-state index in [1.807, 2.05) is 55.5 Å². The lowest BCUT2D eigenvalue weighted by molar-refractivity contribution is 0.207. The maximum atomic E-state index is 12.1. The number of para-hydroxylation sites is 1. The molecule has 0 aliphatic rings. The topological polar surface area (TPSA) is 41.6 Å². The highest BCUT2D eigenvalue weighted by atomic mass is 79.9. The summed E-state index contributed by atoms with van der Waals surface area (Å²) in [5.41, 5.74) is 1.89. The molecule has 0 bridgehead atoms. The molecule has 116 valence electrons. The molecule has 5 heteroatoms. The van der Waals surface area contributed by atoms with Gasteiger partial charge in [0.1, 0.15) is 12.4 Å². The molecular formula is C17H19BrN2O2. The Morgan fingerprint density at radius 3 is 2.64 bits per heavy atom. The predicted octanol–water partition coefficient (Wildman–Crippen LogP) is 4.30. The van der Waals surface area contributed by atoms with E-state index in [-0.39, 0.29) is 6.03 Å². The lowest BCUT2D eigenvalue weighted by atomic mass is 10.2. The van der Waals surface area contributed by atoms with E-state index in [0.29, 0.717) is 13.2 Å². The molecule has 4 nitrogen and oxygen atoms in total. The molecule has 22 heavy (non-hydrogen) atoms. The number of benzene rings is 2. The van der Waals surface area contributed by atoms with E-state index < -0.39 is 0 Å². The smallest absolute Gasteiger partial charge is 0.321 e. The summed E-state index contributed by atoms with van der Waals surface area (Å²) in [6.07, 6.45) is 0. The number of urea groups is 1. The van der Waals surface area contributed by atoms with E-state index in [1.54, 1.807) is 11.9 Å². The van der Waals surface area contributed by atoms with Crippen LogP contribution in [-0.2, 0) is 0 Å². The number of ether oxygens (including phenoxy) is 1. The Hall–Kier alpha value is -2.01. The standard InChI is InChI=1S/C17H19BrN2O2/c1-13-8-9-16(15(18)12-13)19-17(21)20(2)10-11-22-14-6-4-3-5-7-14/h3-9,12H,10-11H2,1-2H3,(H,19,21). The zero-order valence-electron chi connectivity index (χ0n) is 12.7. The highest BCUT2D eigenvalue weighted by Crippen LogP contribution is 2.23. The third-order valence-corrected chi connectivity index (χ3v) is 3.81. The Bertz CT molecular complexity index is 632. The largest absolute Gasteiger partial charge is 0.492 e. The van der Waals surface area contributed by atoms with E-state index in [4.69, 9.17) is 4.74 Å². The number of carbonyl (C=O) groups excluding carboxylic acids is 1. The number of aryl methyl sites for hydroxylation is 1. The van der Waals surface area contributed by atoms with Crippen molar-refractivity contribution in [3.05, 3.63) is 58.6 Å². The molecule has 0 heterocycles. The third kappa shape index (κ3) is 4.77. The van der Waals surface area contributed by atoms with Crippen molar-refractivity contribution >= 4 is 27.6 Å². The second-order valence-electron chi connectivity index (χ2n) is 5.00. The van der Waals surface area contributed by atoms with Gasteiger partial charge in [-0.05, 0) is 52.7 Å². The van der Waals surface area contributed by atoms with Crippen molar-refractivity contribution in [3.8, 4) is 5.75 Å². The number of carbonyl (C=O) groups is 1. The minimum absolute atomic E-state index is 0.166. The van der Waals surface area contributed by atoms with Crippen LogP contribution in [-0.4, -0.2) is 31.1 Å². The Labute approximate surface area is 139 Å². The van der Waals surface area contributed by atoms with Crippen LogP contribution in [0.15, 0.2) is 53.0 Å². The maximum absolute atomic E-state index is 12.1. The van der Waals surface area contributed by atoms with Crippen molar-refractivity contribution in [1.82, 2.24) is 4.90 Å². The number of likely N-dealkylation sites (N-methyl/N-ethyl adjacent to an activating group) is 1. The third-order valence-electron chi connectivity index (χ3n) is 3.15. The number of hydrogen-bond donors (Lipinski definition) is 1. The van der Waals surface area contributed by atoms with Gasteiger partial charge in [-0.3, -0.25) is 0 Å². The molecule has 0 radical (unpaired) electrons. The Morgan fingerprint density at radius 1 is 1.23 bits per heavy atom. The van der Waals surface area contributed by atoms with E-state index >= 15 is 0 Å². The molecule has 0 unspecified atom stereocenters. The van der Waals surface area contributed by atoms with Crippen molar-refractivity contribution in [3.63, 3.8) is 0 Å². The summed E-state index contributed by atoms with van der Waals surface area (Å²) in [6, 6.07) is 15.2. The molecule has 0 fully saturated rings. The number of anilines is 1. The van der Waals surface area contributed by atoms with Crippen LogP contribution >= 0.6 is 15.9 Å². The van der Waals surface area contributed by atoms with Crippen molar-refractivity contribution in [2.45, 2.75) is 6.92 Å². The molecule has 0 aromatic heterocycles. The van der Waals surface area contributed by atoms with Gasteiger partial charge >= 0.3 is 6.03 Å². The average Bonchev–Trinajstić information content (AvgIpc) is 2.51. The monoisotopic (exact) mass is 362 g/mol. The van der Waals surface area contributed by atoms with E-state index in [0.717, 1.165) is 21.5 Å². The van der Waals surface area contributed by atoms with Crippen LogP contribution in [0.3, 0.4) is 0 Å². The van der Waals surface area contributed by atoms with E-state index in [2.05, 4.69) is 21.2 Å². The first-order valence-corrected chi connectivity index (χ1v) is 7.81. The summed E-state index contributed by atoms with van der Waals surface area (Å²) < 4.78 is 6.46. The number of halogens is 1. The number of rotatable bonds is 5. The minimum atomic E-state index is -0.166. The molecule has 0 aliphatic carbocycles. The zero-order chi connectivity index (χ0) is 15.9. The van der Waals surface area contributed by atoms with Crippen molar-refractivity contribution in [2.24, 2.45) is 0 Å². The first-order valence-electron chi connectivity index (χ1n) is 7.02. The van der Waals surface area contributed by atoms with Gasteiger partial charge in [0.15, 0.2) is 0 Å². The average molecular weight is 363 g/mol. The van der Waals surface area contributed by atoms with Gasteiger partial charge in [-0.1, -0.05) is 24.3 Å². The molecule has 0 spiro atoms. The normalized spacial score (nSPS) is 10.1. The molecule has 0 saturated carbocycles. The van der Waals surface area contributed by atoms with Crippen LogP contribution in [0.1, 0.15) is 5.56 Å². The summed E-state index contributed by atoms with van der Waals surface area (Å²) in [5, 5.41) is 2.87. The lowest BCUT2D eigenvalue weighted by Gasteiger charge is -2.19. The quantitative estimate of drug-likeness (QED) is 0.861. The fraction of sp³-hybridized carbons (Fsp3) is 0.235. The maximum Gasteiger partial charge on any atom is 0.321 e. The van der Waals surface area contributed by atoms with Crippen LogP contribution in [0.2, 0.25) is 0 Å². The van der Waals surface area contributed by atoms with E-state index in [1.165, 1.54) is 0 Å². The summed E-state index contributed by atoms with van der Waals surface area (Å²) in [6.45, 7) is 2.95. The molecule has 1 N–H and O–H groups in total. The zero-order valence-corrected chi connectivity index (χ0v) is 14.3. The SMILES string of the molecule is Cc1ccc(NC(=O)N(C)CCOc2ccccc2)c(Br)c1. The first-order chi connectivity index (χ1) is 10.6. The van der Waals surface area contributed by atoms with Crippen LogP contribution in [0, 0.1) is 6.92 Å². The van der Waals surface area contributed by atoms with Gasteiger partial charge in [-0.2, -0.15) is 0 Å². The molecule has 2 amide bonds. The van der Waals surface area contributed by atoms with Gasteiger partial charge in [-0.15, -0.1) is 0 Å². The summed E-state index contributed by atoms with van der Waals surface area (Å²) >= 11 is 3.45. The molecule has 2 aromatic carbocycles. The summed E-state index contributed by atoms with van der Waals surface area (Å²) in [4.78, 5) is 13.7. The molecule has 0 saturated heterocycles. The number of amides is 2. The first kappa shape index (κ1) is 16.4. The fourth-order valence-electron chi connectivity index (χ4n) is 1.85. The Morgan fingerprint density at radius 2 is 1.95 bits per heavy atom. The highest BCUT2D eigenvalue weighted by Gasteiger charge is 2.10. The van der Waals surface area contributed by atoms with Crippen LogP contribution in [0.4, 0.5) is 10.5 Å². The number of nitrogens with zero attached hydrogens (tertiary/aromatic N) is 1. The summed E-state index contributed by atoms with van der Waals surface area (Å²) in [5.74, 6) is 0.803. The molecule has 2 rings (SSSR count). The van der Waals surface area contributed by atoms with Gasteiger partial charge in [0.2, 0.25) is 0 Å². The predicted molar refractivity (Wildman–Crippen MR) is 92.5 cm³/mol. The van der Waals surface area contributed by atoms with Gasteiger partial charge in [0.05, 0.1) is 12.2 Å². The lowest BCUT2D eigenvalue weighted by Crippen LogP contribution is -2.34. The Balaban J connectivity index is 1.82. The van der Waals surface area contributed by atoms with Crippen molar-refractivity contribution < 1.29 is 9.53 Å². The van der Waals surface area contributed by atoms with Crippen molar-refractivity contribution in [1.29, 1.82) is 0 Å². The van der Waals surface area contributed by atoms with Crippen molar-refractivity contribution in [2.75, 3.05) is 25.5 Å². The fourth-order valence-corrected chi connectivity index (χ4v) is 2.44. The molecule has 0 aliphatic heterocycles. The highest BCUT2D eigenvalue weighted by molar-refractivity contribution is 9.10. The summed E-state index contributed by atoms with van der Waals surface area (Å²) in [7, 11) is 1.74. The number of nitrogens with one attached hydrogen (secondary N) is 1. The van der Waals surface area contributed by atoms with Gasteiger partial charge < -0.3 is 15.0 Å². The van der Waals surface area contributed by atoms with E-state index in [9.17, 15) is 4.79 Å². The number of hydrogen-bond acceptors (Lipinski definition) is 2. The molecule has 2 aromatic rings. The Kier molecular flexibility index (Phi) is 5.83. The van der Waals surface area contributed by atoms with Gasteiger partial charge in [0.25, 0.3) is 0 Å². The van der Waals surface area contributed by atoms with Gasteiger partial charge in [0, 0.05) is 11.5 Å². The van der Waals surface area contributed by atoms with Crippen LogP contribution in [0.25, 0.3) is 0 Å². The van der Waals surface area contributed by atoms with Crippen LogP contribution < -0.4 is 10.1 Å². The molecular weight excluding hydrogens is 344 g/mol. The van der Waals surface area contributed by atoms with Gasteiger partial charge in [-0.25, -0.2) is 4.79 Å². The second-order valence-corrected chi connectivity index (χ2v) is 5.85. The van der Waals surface area contributed by atoms with Crippen LogP contribution in [0.5, 0.6) is 5.75 Å². The molecule has 0 atom stereocenters. The minimum Gasteiger partial charge on any atom is -0.492 e. The second kappa shape index (κ2) is 7.84.